The number of aromatic nitrogens is 2. The molecular formula is C18H24FN3O2. The molecule has 2 unspecified atom stereocenters. The molecule has 1 aliphatic heterocycles. The molecule has 0 bridgehead atoms. The zero-order chi connectivity index (χ0) is 17.1. The molecule has 0 aliphatic carbocycles. The van der Waals surface area contributed by atoms with Crippen molar-refractivity contribution in [2.45, 2.75) is 39.2 Å². The van der Waals surface area contributed by atoms with Crippen LogP contribution in [0.5, 0.6) is 0 Å². The quantitative estimate of drug-likeness (QED) is 0.881. The summed E-state index contributed by atoms with van der Waals surface area (Å²) in [7, 11) is 0. The minimum atomic E-state index is -0.263. The Morgan fingerprint density at radius 1 is 1.46 bits per heavy atom. The van der Waals surface area contributed by atoms with Crippen molar-refractivity contribution in [3.63, 3.8) is 0 Å². The van der Waals surface area contributed by atoms with E-state index in [4.69, 9.17) is 4.52 Å². The Bertz CT molecular complexity index is 687. The average molecular weight is 333 g/mol. The third kappa shape index (κ3) is 3.99. The molecule has 2 heterocycles. The fourth-order valence-electron chi connectivity index (χ4n) is 3.12. The van der Waals surface area contributed by atoms with Crippen LogP contribution in [0.25, 0.3) is 11.4 Å². The van der Waals surface area contributed by atoms with Crippen LogP contribution < -0.4 is 0 Å². The fourth-order valence-corrected chi connectivity index (χ4v) is 3.12. The first-order valence-electron chi connectivity index (χ1n) is 8.52. The highest BCUT2D eigenvalue weighted by Gasteiger charge is 2.25. The first-order valence-corrected chi connectivity index (χ1v) is 8.52. The average Bonchev–Trinajstić information content (AvgIpc) is 3.20. The van der Waals surface area contributed by atoms with Crippen LogP contribution >= 0.6 is 0 Å². The summed E-state index contributed by atoms with van der Waals surface area (Å²) in [6, 6.07) is 4.95. The van der Waals surface area contributed by atoms with Gasteiger partial charge >= 0.3 is 0 Å². The number of benzene rings is 1. The van der Waals surface area contributed by atoms with Crippen LogP contribution in [0, 0.1) is 18.7 Å². The maximum Gasteiger partial charge on any atom is 0.227 e. The molecule has 1 saturated heterocycles. The molecule has 6 heteroatoms. The SMILES string of the molecule is Cc1ccc(-c2noc(CCCN3CCC(C(C)O)C3)n2)cc1F. The van der Waals surface area contributed by atoms with Gasteiger partial charge in [0.2, 0.25) is 11.7 Å². The molecule has 2 atom stereocenters. The van der Waals surface area contributed by atoms with Gasteiger partial charge in [-0.2, -0.15) is 4.98 Å². The lowest BCUT2D eigenvalue weighted by Gasteiger charge is -2.16. The number of aryl methyl sites for hydroxylation is 2. The van der Waals surface area contributed by atoms with E-state index in [1.54, 1.807) is 19.1 Å². The van der Waals surface area contributed by atoms with Crippen molar-refractivity contribution >= 4 is 0 Å². The maximum atomic E-state index is 13.6. The van der Waals surface area contributed by atoms with Crippen molar-refractivity contribution in [3.8, 4) is 11.4 Å². The molecule has 1 aromatic carbocycles. The normalized spacial score (nSPS) is 19.8. The minimum absolute atomic E-state index is 0.233. The van der Waals surface area contributed by atoms with Gasteiger partial charge in [0.15, 0.2) is 0 Å². The fraction of sp³-hybridized carbons (Fsp3) is 0.556. The summed E-state index contributed by atoms with van der Waals surface area (Å²) >= 11 is 0. The van der Waals surface area contributed by atoms with Gasteiger partial charge in [-0.25, -0.2) is 4.39 Å². The molecule has 2 aromatic rings. The number of hydrogen-bond donors (Lipinski definition) is 1. The summed E-state index contributed by atoms with van der Waals surface area (Å²) in [4.78, 5) is 6.72. The number of likely N-dealkylation sites (tertiary alicyclic amines) is 1. The Morgan fingerprint density at radius 3 is 3.00 bits per heavy atom. The van der Waals surface area contributed by atoms with Gasteiger partial charge < -0.3 is 14.5 Å². The minimum Gasteiger partial charge on any atom is -0.393 e. The predicted molar refractivity (Wildman–Crippen MR) is 89.0 cm³/mol. The van der Waals surface area contributed by atoms with Crippen molar-refractivity contribution in [2.75, 3.05) is 19.6 Å². The summed E-state index contributed by atoms with van der Waals surface area (Å²) in [6.45, 7) is 6.53. The van der Waals surface area contributed by atoms with Gasteiger partial charge in [0.1, 0.15) is 5.82 Å². The molecule has 0 radical (unpaired) electrons. The molecule has 1 aliphatic rings. The van der Waals surface area contributed by atoms with Gasteiger partial charge in [-0.05, 0) is 57.3 Å². The van der Waals surface area contributed by atoms with E-state index >= 15 is 0 Å². The largest absolute Gasteiger partial charge is 0.393 e. The summed E-state index contributed by atoms with van der Waals surface area (Å²) in [5, 5.41) is 13.6. The van der Waals surface area contributed by atoms with E-state index in [0.29, 0.717) is 35.2 Å². The molecule has 3 rings (SSSR count). The molecule has 0 saturated carbocycles. The zero-order valence-electron chi connectivity index (χ0n) is 14.2. The molecule has 5 nitrogen and oxygen atoms in total. The molecule has 24 heavy (non-hydrogen) atoms. The van der Waals surface area contributed by atoms with E-state index in [1.807, 2.05) is 6.92 Å². The molecule has 1 aromatic heterocycles. The second-order valence-corrected chi connectivity index (χ2v) is 6.67. The van der Waals surface area contributed by atoms with E-state index < -0.39 is 0 Å². The lowest BCUT2D eigenvalue weighted by atomic mass is 10.0. The van der Waals surface area contributed by atoms with Gasteiger partial charge in [-0.15, -0.1) is 0 Å². The Labute approximate surface area is 141 Å². The highest BCUT2D eigenvalue weighted by atomic mass is 19.1. The molecule has 0 spiro atoms. The molecule has 1 N–H and O–H groups in total. The van der Waals surface area contributed by atoms with E-state index in [0.717, 1.165) is 32.5 Å². The van der Waals surface area contributed by atoms with Gasteiger partial charge in [0.05, 0.1) is 6.10 Å². The van der Waals surface area contributed by atoms with E-state index in [9.17, 15) is 9.50 Å². The summed E-state index contributed by atoms with van der Waals surface area (Å²) in [6.07, 6.45) is 2.46. The van der Waals surface area contributed by atoms with Crippen LogP contribution in [-0.4, -0.2) is 45.9 Å². The predicted octanol–water partition coefficient (Wildman–Crippen LogP) is 2.82. The van der Waals surface area contributed by atoms with Gasteiger partial charge in [0, 0.05) is 18.5 Å². The number of halogens is 1. The summed E-state index contributed by atoms with van der Waals surface area (Å²) < 4.78 is 18.9. The standard InChI is InChI=1S/C18H24FN3O2/c1-12-5-6-14(10-16(12)19)18-20-17(24-21-18)4-3-8-22-9-7-15(11-22)13(2)23/h5-6,10,13,15,23H,3-4,7-9,11H2,1-2H3. The van der Waals surface area contributed by atoms with Crippen LogP contribution in [0.1, 0.15) is 31.2 Å². The second-order valence-electron chi connectivity index (χ2n) is 6.67. The van der Waals surface area contributed by atoms with Crippen LogP contribution in [0.3, 0.4) is 0 Å². The second kappa shape index (κ2) is 7.40. The lowest BCUT2D eigenvalue weighted by Crippen LogP contribution is -2.25. The number of aliphatic hydroxyl groups is 1. The lowest BCUT2D eigenvalue weighted by molar-refractivity contribution is 0.127. The Kier molecular flexibility index (Phi) is 5.26. The van der Waals surface area contributed by atoms with E-state index in [2.05, 4.69) is 15.0 Å². The van der Waals surface area contributed by atoms with E-state index in [1.165, 1.54) is 6.07 Å². The van der Waals surface area contributed by atoms with Crippen molar-refractivity contribution in [1.29, 1.82) is 0 Å². The molecular weight excluding hydrogens is 309 g/mol. The van der Waals surface area contributed by atoms with Gasteiger partial charge in [-0.3, -0.25) is 0 Å². The molecule has 130 valence electrons. The van der Waals surface area contributed by atoms with Crippen LogP contribution in [0.2, 0.25) is 0 Å². The maximum absolute atomic E-state index is 13.6. The third-order valence-corrected chi connectivity index (χ3v) is 4.75. The Morgan fingerprint density at radius 2 is 2.29 bits per heavy atom. The first-order chi connectivity index (χ1) is 11.5. The zero-order valence-corrected chi connectivity index (χ0v) is 14.2. The summed E-state index contributed by atoms with van der Waals surface area (Å²) in [5.41, 5.74) is 1.23. The highest BCUT2D eigenvalue weighted by Crippen LogP contribution is 2.21. The smallest absolute Gasteiger partial charge is 0.227 e. The summed E-state index contributed by atoms with van der Waals surface area (Å²) in [5.74, 6) is 1.13. The number of hydrogen-bond acceptors (Lipinski definition) is 5. The van der Waals surface area contributed by atoms with Crippen LogP contribution in [0.15, 0.2) is 22.7 Å². The van der Waals surface area contributed by atoms with Crippen molar-refractivity contribution < 1.29 is 14.0 Å². The van der Waals surface area contributed by atoms with E-state index in [-0.39, 0.29) is 11.9 Å². The van der Waals surface area contributed by atoms with Gasteiger partial charge in [-0.1, -0.05) is 17.3 Å². The number of aliphatic hydroxyl groups excluding tert-OH is 1. The first kappa shape index (κ1) is 17.0. The van der Waals surface area contributed by atoms with Crippen molar-refractivity contribution in [3.05, 3.63) is 35.5 Å². The van der Waals surface area contributed by atoms with Crippen LogP contribution in [0.4, 0.5) is 4.39 Å². The monoisotopic (exact) mass is 333 g/mol. The van der Waals surface area contributed by atoms with Crippen molar-refractivity contribution in [2.24, 2.45) is 5.92 Å². The topological polar surface area (TPSA) is 62.4 Å². The number of rotatable bonds is 6. The van der Waals surface area contributed by atoms with Crippen molar-refractivity contribution in [1.82, 2.24) is 15.0 Å². The number of nitrogens with zero attached hydrogens (tertiary/aromatic N) is 3. The Balaban J connectivity index is 1.50. The van der Waals surface area contributed by atoms with Crippen LogP contribution in [-0.2, 0) is 6.42 Å². The third-order valence-electron chi connectivity index (χ3n) is 4.75. The molecule has 0 amide bonds. The molecule has 1 fully saturated rings. The van der Waals surface area contributed by atoms with Gasteiger partial charge in [0.25, 0.3) is 0 Å². The highest BCUT2D eigenvalue weighted by molar-refractivity contribution is 5.54. The Hall–Kier alpha value is -1.79.